The van der Waals surface area contributed by atoms with Gasteiger partial charge in [0.25, 0.3) is 0 Å². The van der Waals surface area contributed by atoms with E-state index >= 15 is 0 Å². The summed E-state index contributed by atoms with van der Waals surface area (Å²) in [5.41, 5.74) is 0.180. The van der Waals surface area contributed by atoms with E-state index in [2.05, 4.69) is 27.8 Å². The summed E-state index contributed by atoms with van der Waals surface area (Å²) in [4.78, 5) is 31.9. The van der Waals surface area contributed by atoms with E-state index in [1.54, 1.807) is 34.5 Å². The first-order chi connectivity index (χ1) is 11.9. The number of rotatable bonds is 5. The van der Waals surface area contributed by atoms with Crippen molar-refractivity contribution in [3.63, 3.8) is 0 Å². The molecule has 0 saturated carbocycles. The molecule has 6 nitrogen and oxygen atoms in total. The van der Waals surface area contributed by atoms with E-state index in [-0.39, 0.29) is 12.6 Å². The van der Waals surface area contributed by atoms with Crippen LogP contribution in [0.1, 0.15) is 23.2 Å². The number of amides is 2. The van der Waals surface area contributed by atoms with Gasteiger partial charge in [-0.2, -0.15) is 0 Å². The molecule has 0 spiro atoms. The van der Waals surface area contributed by atoms with Gasteiger partial charge in [0.05, 0.1) is 21.0 Å². The zero-order valence-electron chi connectivity index (χ0n) is 14.2. The number of nitrogens with zero attached hydrogens (tertiary/aromatic N) is 2. The number of hydrogen-bond acceptors (Lipinski definition) is 5. The molecule has 2 amide bonds. The summed E-state index contributed by atoms with van der Waals surface area (Å²) in [6.45, 7) is 4.97. The summed E-state index contributed by atoms with van der Waals surface area (Å²) in [7, 11) is 0. The molecule has 2 N–H and O–H groups in total. The van der Waals surface area contributed by atoms with Gasteiger partial charge in [0, 0.05) is 29.9 Å². The number of aliphatic carboxylic acids is 1. The van der Waals surface area contributed by atoms with Crippen molar-refractivity contribution in [3.8, 4) is 10.6 Å². The number of carboxylic acids is 1. The smallest absolute Gasteiger partial charge is 0.317 e. The number of aromatic nitrogens is 1. The third-order valence-electron chi connectivity index (χ3n) is 4.46. The van der Waals surface area contributed by atoms with Crippen LogP contribution in [0.15, 0.2) is 17.5 Å². The fraction of sp³-hybridized carbons (Fsp3) is 0.471. The lowest BCUT2D eigenvalue weighted by atomic mass is 9.90. The molecule has 1 fully saturated rings. The minimum atomic E-state index is -0.841. The number of hydrogen-bond donors (Lipinski definition) is 2. The summed E-state index contributed by atoms with van der Waals surface area (Å²) in [6, 6.07) is 3.95. The second-order valence-electron chi connectivity index (χ2n) is 6.54. The first kappa shape index (κ1) is 17.9. The molecular weight excluding hydrogens is 358 g/mol. The molecule has 134 valence electrons. The number of likely N-dealkylation sites (tertiary alicyclic amines) is 1. The average molecular weight is 380 g/mol. The number of urea groups is 1. The Morgan fingerprint density at radius 3 is 2.88 bits per heavy atom. The lowest BCUT2D eigenvalue weighted by molar-refractivity contribution is -0.146. The maximum absolute atomic E-state index is 12.2. The Bertz CT molecular complexity index is 786. The van der Waals surface area contributed by atoms with Crippen LogP contribution in [0.3, 0.4) is 0 Å². The Morgan fingerprint density at radius 1 is 1.44 bits per heavy atom. The van der Waals surface area contributed by atoms with Crippen molar-refractivity contribution in [2.45, 2.75) is 26.7 Å². The van der Waals surface area contributed by atoms with E-state index in [9.17, 15) is 14.7 Å². The standard InChI is InChI=1S/C17H21N3O3S2/c1-11-19-13(9-24-11)14-4-3-12(25-14)5-7-18-16(23)20-8-6-17(2,10-20)15(21)22/h3-4,9H,5-8,10H2,1-2H3,(H,18,23)(H,21,22). The Balaban J connectivity index is 1.48. The first-order valence-electron chi connectivity index (χ1n) is 8.15. The van der Waals surface area contributed by atoms with Crippen LogP contribution in [-0.4, -0.2) is 46.6 Å². The second-order valence-corrected chi connectivity index (χ2v) is 8.77. The van der Waals surface area contributed by atoms with Gasteiger partial charge in [-0.05, 0) is 38.8 Å². The van der Waals surface area contributed by atoms with Gasteiger partial charge < -0.3 is 15.3 Å². The molecule has 3 rings (SSSR count). The van der Waals surface area contributed by atoms with Crippen LogP contribution >= 0.6 is 22.7 Å². The number of carbonyl (C=O) groups excluding carboxylic acids is 1. The van der Waals surface area contributed by atoms with Crippen molar-refractivity contribution in [3.05, 3.63) is 27.4 Å². The molecule has 8 heteroatoms. The highest BCUT2D eigenvalue weighted by Crippen LogP contribution is 2.30. The highest BCUT2D eigenvalue weighted by molar-refractivity contribution is 7.16. The predicted molar refractivity (Wildman–Crippen MR) is 99.2 cm³/mol. The van der Waals surface area contributed by atoms with Crippen LogP contribution in [-0.2, 0) is 11.2 Å². The van der Waals surface area contributed by atoms with Crippen LogP contribution < -0.4 is 5.32 Å². The summed E-state index contributed by atoms with van der Waals surface area (Å²) < 4.78 is 0. The molecule has 1 unspecified atom stereocenters. The number of aryl methyl sites for hydroxylation is 1. The monoisotopic (exact) mass is 379 g/mol. The summed E-state index contributed by atoms with van der Waals surface area (Å²) in [5.74, 6) is -0.841. The largest absolute Gasteiger partial charge is 0.481 e. The number of carbonyl (C=O) groups is 2. The normalized spacial score (nSPS) is 20.0. The van der Waals surface area contributed by atoms with Gasteiger partial charge in [-0.3, -0.25) is 4.79 Å². The fourth-order valence-electron chi connectivity index (χ4n) is 2.84. The molecular formula is C17H21N3O3S2. The molecule has 0 bridgehead atoms. The fourth-order valence-corrected chi connectivity index (χ4v) is 4.50. The highest BCUT2D eigenvalue weighted by atomic mass is 32.1. The lowest BCUT2D eigenvalue weighted by Crippen LogP contribution is -2.41. The summed E-state index contributed by atoms with van der Waals surface area (Å²) in [5, 5.41) is 15.2. The zero-order valence-corrected chi connectivity index (χ0v) is 15.9. The maximum atomic E-state index is 12.2. The Kier molecular flexibility index (Phi) is 5.10. The minimum Gasteiger partial charge on any atom is -0.481 e. The first-order valence-corrected chi connectivity index (χ1v) is 9.84. The molecule has 0 aliphatic carbocycles. The van der Waals surface area contributed by atoms with Gasteiger partial charge in [0.1, 0.15) is 0 Å². The molecule has 25 heavy (non-hydrogen) atoms. The van der Waals surface area contributed by atoms with Gasteiger partial charge in [0.2, 0.25) is 0 Å². The minimum absolute atomic E-state index is 0.183. The van der Waals surface area contributed by atoms with Crippen LogP contribution in [0.25, 0.3) is 10.6 Å². The van der Waals surface area contributed by atoms with E-state index < -0.39 is 11.4 Å². The van der Waals surface area contributed by atoms with Crippen molar-refractivity contribution in [2.24, 2.45) is 5.41 Å². The maximum Gasteiger partial charge on any atom is 0.317 e. The van der Waals surface area contributed by atoms with Crippen LogP contribution in [0.5, 0.6) is 0 Å². The molecule has 1 aliphatic heterocycles. The van der Waals surface area contributed by atoms with Crippen LogP contribution in [0, 0.1) is 12.3 Å². The van der Waals surface area contributed by atoms with Crippen molar-refractivity contribution >= 4 is 34.7 Å². The molecule has 1 aliphatic rings. The van der Waals surface area contributed by atoms with Crippen molar-refractivity contribution in [2.75, 3.05) is 19.6 Å². The molecule has 0 radical (unpaired) electrons. The second kappa shape index (κ2) is 7.13. The quantitative estimate of drug-likeness (QED) is 0.836. The van der Waals surface area contributed by atoms with Crippen LogP contribution in [0.4, 0.5) is 4.79 Å². The zero-order chi connectivity index (χ0) is 18.0. The molecule has 2 aromatic rings. The van der Waals surface area contributed by atoms with E-state index in [4.69, 9.17) is 0 Å². The van der Waals surface area contributed by atoms with Crippen LogP contribution in [0.2, 0.25) is 0 Å². The lowest BCUT2D eigenvalue weighted by Gasteiger charge is -2.20. The number of nitrogens with one attached hydrogen (secondary N) is 1. The molecule has 1 saturated heterocycles. The van der Waals surface area contributed by atoms with Gasteiger partial charge in [0.15, 0.2) is 0 Å². The van der Waals surface area contributed by atoms with Gasteiger partial charge in [-0.15, -0.1) is 22.7 Å². The Morgan fingerprint density at radius 2 is 2.24 bits per heavy atom. The summed E-state index contributed by atoms with van der Waals surface area (Å²) >= 11 is 3.33. The topological polar surface area (TPSA) is 82.5 Å². The van der Waals surface area contributed by atoms with Gasteiger partial charge >= 0.3 is 12.0 Å². The van der Waals surface area contributed by atoms with E-state index in [1.165, 1.54) is 4.88 Å². The third-order valence-corrected chi connectivity index (χ3v) is 6.40. The van der Waals surface area contributed by atoms with E-state index in [1.807, 2.05) is 6.92 Å². The van der Waals surface area contributed by atoms with Gasteiger partial charge in [-0.25, -0.2) is 9.78 Å². The molecule has 1 atom stereocenters. The molecule has 2 aromatic heterocycles. The SMILES string of the molecule is Cc1nc(-c2ccc(CCNC(=O)N3CCC(C)(C(=O)O)C3)s2)cs1. The molecule has 0 aromatic carbocycles. The highest BCUT2D eigenvalue weighted by Gasteiger charge is 2.42. The van der Waals surface area contributed by atoms with E-state index in [0.717, 1.165) is 22.0 Å². The van der Waals surface area contributed by atoms with E-state index in [0.29, 0.717) is 19.5 Å². The number of thiophene rings is 1. The summed E-state index contributed by atoms with van der Waals surface area (Å²) in [6.07, 6.45) is 1.25. The van der Waals surface area contributed by atoms with Crippen molar-refractivity contribution in [1.29, 1.82) is 0 Å². The Labute approximate surface area is 154 Å². The Hall–Kier alpha value is -1.93. The molecule has 3 heterocycles. The van der Waals surface area contributed by atoms with Crippen molar-refractivity contribution in [1.82, 2.24) is 15.2 Å². The third kappa shape index (κ3) is 4.01. The van der Waals surface area contributed by atoms with Gasteiger partial charge in [-0.1, -0.05) is 0 Å². The number of carboxylic acid groups (broad SMARTS) is 1. The number of thiazole rings is 1. The van der Waals surface area contributed by atoms with Crippen molar-refractivity contribution < 1.29 is 14.7 Å². The average Bonchev–Trinajstić information content (AvgIpc) is 3.27. The predicted octanol–water partition coefficient (Wildman–Crippen LogP) is 3.23.